The van der Waals surface area contributed by atoms with Crippen LogP contribution in [0.3, 0.4) is 0 Å². The molecule has 28 heavy (non-hydrogen) atoms. The normalized spacial score (nSPS) is 20.2. The second-order valence-corrected chi connectivity index (χ2v) is 7.31. The van der Waals surface area contributed by atoms with Crippen molar-refractivity contribution in [1.29, 1.82) is 0 Å². The lowest BCUT2D eigenvalue weighted by Crippen LogP contribution is -2.10. The molecule has 1 fully saturated rings. The predicted molar refractivity (Wildman–Crippen MR) is 106 cm³/mol. The summed E-state index contributed by atoms with van der Waals surface area (Å²) in [5, 5.41) is 0. The minimum atomic E-state index is -4.62. The van der Waals surface area contributed by atoms with E-state index < -0.39 is 23.4 Å². The summed E-state index contributed by atoms with van der Waals surface area (Å²) in [5.41, 5.74) is 1.46. The van der Waals surface area contributed by atoms with Crippen LogP contribution in [0.4, 0.5) is 22.0 Å². The van der Waals surface area contributed by atoms with Gasteiger partial charge in [-0.05, 0) is 59.6 Å². The van der Waals surface area contributed by atoms with Gasteiger partial charge in [0.1, 0.15) is 11.6 Å². The maximum absolute atomic E-state index is 14.1. The predicted octanol–water partition coefficient (Wildman–Crippen LogP) is 8.38. The molecule has 0 radical (unpaired) electrons. The number of benzene rings is 2. The van der Waals surface area contributed by atoms with Crippen molar-refractivity contribution in [2.45, 2.75) is 52.1 Å². The summed E-state index contributed by atoms with van der Waals surface area (Å²) in [7, 11) is 0. The highest BCUT2D eigenvalue weighted by atomic mass is 19.4. The molecule has 5 heteroatoms. The van der Waals surface area contributed by atoms with Gasteiger partial charge in [0, 0.05) is 13.1 Å². The third-order valence-electron chi connectivity index (χ3n) is 5.25. The summed E-state index contributed by atoms with van der Waals surface area (Å²) < 4.78 is 64.9. The zero-order valence-corrected chi connectivity index (χ0v) is 15.0. The quantitative estimate of drug-likeness (QED) is 0.456. The van der Waals surface area contributed by atoms with E-state index in [0.717, 1.165) is 30.9 Å². The van der Waals surface area contributed by atoms with Crippen LogP contribution in [0.5, 0.6) is 0 Å². The van der Waals surface area contributed by atoms with E-state index in [0.29, 0.717) is 23.1 Å². The Balaban J connectivity index is 0.00000210. The van der Waals surface area contributed by atoms with Crippen LogP contribution < -0.4 is 0 Å². The molecule has 0 aliphatic heterocycles. The van der Waals surface area contributed by atoms with Crippen LogP contribution in [0.1, 0.15) is 58.5 Å². The van der Waals surface area contributed by atoms with Gasteiger partial charge in [0.25, 0.3) is 0 Å². The molecule has 0 aromatic heterocycles. The molecule has 0 N–H and O–H groups in total. The fourth-order valence-electron chi connectivity index (χ4n) is 3.63. The van der Waals surface area contributed by atoms with Crippen LogP contribution >= 0.6 is 0 Å². The van der Waals surface area contributed by atoms with E-state index in [9.17, 15) is 22.0 Å². The second-order valence-electron chi connectivity index (χ2n) is 7.31. The van der Waals surface area contributed by atoms with Gasteiger partial charge in [0.05, 0.1) is 0 Å². The van der Waals surface area contributed by atoms with Crippen molar-refractivity contribution in [3.05, 3.63) is 65.2 Å². The highest BCUT2D eigenvalue weighted by Crippen LogP contribution is 2.36. The standard InChI is InChI=1S/C22H21F5.CH4.H2/c1-14-2-4-15(5-3-14)16-6-8-17(9-7-16)18-12-20(23)19(21(24)13-18)10-11-22(25,26)27;;/h6-15H,2-5H2,1H3;1H4;1H/b11-10+;;. The fourth-order valence-corrected chi connectivity index (χ4v) is 3.63. The number of halogens is 5. The van der Waals surface area contributed by atoms with Gasteiger partial charge in [-0.25, -0.2) is 8.78 Å². The smallest absolute Gasteiger partial charge is 0.206 e. The lowest BCUT2D eigenvalue weighted by Gasteiger charge is -2.26. The van der Waals surface area contributed by atoms with E-state index in [1.54, 1.807) is 0 Å². The van der Waals surface area contributed by atoms with Gasteiger partial charge >= 0.3 is 6.18 Å². The number of rotatable bonds is 3. The van der Waals surface area contributed by atoms with E-state index >= 15 is 0 Å². The van der Waals surface area contributed by atoms with Crippen molar-refractivity contribution in [2.24, 2.45) is 5.92 Å². The Labute approximate surface area is 164 Å². The van der Waals surface area contributed by atoms with Crippen molar-refractivity contribution in [3.8, 4) is 11.1 Å². The van der Waals surface area contributed by atoms with Crippen LogP contribution in [0.25, 0.3) is 17.2 Å². The fraction of sp³-hybridized carbons (Fsp3) is 0.391. The third kappa shape index (κ3) is 5.43. The first kappa shape index (κ1) is 22.1. The van der Waals surface area contributed by atoms with Crippen molar-refractivity contribution < 1.29 is 23.4 Å². The highest BCUT2D eigenvalue weighted by Gasteiger charge is 2.23. The Morgan fingerprint density at radius 1 is 0.893 bits per heavy atom. The Morgan fingerprint density at radius 3 is 1.93 bits per heavy atom. The van der Waals surface area contributed by atoms with E-state index in [2.05, 4.69) is 6.92 Å². The molecule has 0 nitrogen and oxygen atoms in total. The van der Waals surface area contributed by atoms with Crippen LogP contribution in [0.15, 0.2) is 42.5 Å². The summed E-state index contributed by atoms with van der Waals surface area (Å²) in [4.78, 5) is 0. The maximum Gasteiger partial charge on any atom is 0.409 e. The van der Waals surface area contributed by atoms with Gasteiger partial charge in [-0.15, -0.1) is 0 Å². The Hall–Kier alpha value is -2.17. The lowest BCUT2D eigenvalue weighted by molar-refractivity contribution is -0.0790. The van der Waals surface area contributed by atoms with E-state index in [-0.39, 0.29) is 14.9 Å². The topological polar surface area (TPSA) is 0 Å². The Morgan fingerprint density at radius 2 is 1.43 bits per heavy atom. The van der Waals surface area contributed by atoms with Crippen molar-refractivity contribution in [2.75, 3.05) is 0 Å². The SMILES string of the molecule is C.CC1CCC(c2ccc(-c3cc(F)c(/C=C/C(F)(F)F)c(F)c3)cc2)CC1.[HH]. The first-order valence-corrected chi connectivity index (χ1v) is 9.08. The molecule has 0 heterocycles. The van der Waals surface area contributed by atoms with Crippen LogP contribution in [-0.4, -0.2) is 6.18 Å². The first-order valence-electron chi connectivity index (χ1n) is 9.08. The molecule has 1 saturated carbocycles. The molecule has 154 valence electrons. The molecule has 0 saturated heterocycles. The summed E-state index contributed by atoms with van der Waals surface area (Å²) in [5.74, 6) is -0.762. The molecular formula is C23H27F5. The average molecular weight is 398 g/mol. The van der Waals surface area contributed by atoms with Crippen molar-refractivity contribution in [3.63, 3.8) is 0 Å². The molecular weight excluding hydrogens is 371 g/mol. The molecule has 1 aliphatic carbocycles. The molecule has 0 atom stereocenters. The summed E-state index contributed by atoms with van der Waals surface area (Å²) in [6.07, 6.45) is 0.319. The lowest BCUT2D eigenvalue weighted by atomic mass is 9.79. The van der Waals surface area contributed by atoms with Gasteiger partial charge in [0.15, 0.2) is 0 Å². The summed E-state index contributed by atoms with van der Waals surface area (Å²) in [6.45, 7) is 2.26. The van der Waals surface area contributed by atoms with Gasteiger partial charge in [-0.1, -0.05) is 51.5 Å². The molecule has 2 aromatic carbocycles. The van der Waals surface area contributed by atoms with Gasteiger partial charge in [-0.3, -0.25) is 0 Å². The number of allylic oxidation sites excluding steroid dienone is 1. The molecule has 0 bridgehead atoms. The second kappa shape index (κ2) is 8.89. The average Bonchev–Trinajstić information content (AvgIpc) is 2.61. The zero-order chi connectivity index (χ0) is 19.6. The number of hydrogen-bond acceptors (Lipinski definition) is 0. The number of alkyl halides is 3. The molecule has 0 spiro atoms. The van der Waals surface area contributed by atoms with Crippen molar-refractivity contribution in [1.82, 2.24) is 0 Å². The minimum Gasteiger partial charge on any atom is -0.206 e. The van der Waals surface area contributed by atoms with Crippen LogP contribution in [0.2, 0.25) is 0 Å². The largest absolute Gasteiger partial charge is 0.409 e. The zero-order valence-electron chi connectivity index (χ0n) is 15.0. The monoisotopic (exact) mass is 398 g/mol. The van der Waals surface area contributed by atoms with Gasteiger partial charge in [0.2, 0.25) is 0 Å². The Kier molecular flexibility index (Phi) is 7.02. The summed E-state index contributed by atoms with van der Waals surface area (Å²) >= 11 is 0. The molecule has 2 aromatic rings. The van der Waals surface area contributed by atoms with Crippen LogP contribution in [-0.2, 0) is 0 Å². The van der Waals surface area contributed by atoms with Gasteiger partial charge < -0.3 is 0 Å². The molecule has 3 rings (SSSR count). The summed E-state index contributed by atoms with van der Waals surface area (Å²) in [6, 6.07) is 9.71. The minimum absolute atomic E-state index is 0. The van der Waals surface area contributed by atoms with Gasteiger partial charge in [-0.2, -0.15) is 13.2 Å². The van der Waals surface area contributed by atoms with Crippen LogP contribution in [0, 0.1) is 17.6 Å². The molecule has 0 unspecified atom stereocenters. The number of hydrogen-bond donors (Lipinski definition) is 0. The highest BCUT2D eigenvalue weighted by molar-refractivity contribution is 5.67. The van der Waals surface area contributed by atoms with Crippen molar-refractivity contribution >= 4 is 6.08 Å². The first-order chi connectivity index (χ1) is 12.7. The van der Waals surface area contributed by atoms with E-state index in [1.807, 2.05) is 24.3 Å². The third-order valence-corrected chi connectivity index (χ3v) is 5.25. The molecule has 1 aliphatic rings. The van der Waals surface area contributed by atoms with E-state index in [1.165, 1.54) is 18.4 Å². The maximum atomic E-state index is 14.1. The molecule has 0 amide bonds. The van der Waals surface area contributed by atoms with E-state index in [4.69, 9.17) is 0 Å². The Bertz CT molecular complexity index is 793.